The molecule has 0 N–H and O–H groups in total. The maximum atomic E-state index is 12.9. The normalized spacial score (nSPS) is 24.8. The Balaban J connectivity index is 1.46. The smallest absolute Gasteiger partial charge is 0.227 e. The molecule has 2 heterocycles. The number of likely N-dealkylation sites (tertiary alicyclic amines) is 1. The van der Waals surface area contributed by atoms with Crippen molar-refractivity contribution >= 4 is 16.7 Å². The maximum absolute atomic E-state index is 12.9. The van der Waals surface area contributed by atoms with E-state index >= 15 is 0 Å². The quantitative estimate of drug-likeness (QED) is 0.862. The third-order valence-corrected chi connectivity index (χ3v) is 5.66. The highest BCUT2D eigenvalue weighted by Gasteiger charge is 2.36. The highest BCUT2D eigenvalue weighted by molar-refractivity contribution is 5.90. The summed E-state index contributed by atoms with van der Waals surface area (Å²) in [5.74, 6) is 0.772. The van der Waals surface area contributed by atoms with Gasteiger partial charge in [0.15, 0.2) is 0 Å². The Bertz CT molecular complexity index is 749. The first kappa shape index (κ1) is 16.6. The molecule has 2 aromatic rings. The summed E-state index contributed by atoms with van der Waals surface area (Å²) < 4.78 is 5.47. The lowest BCUT2D eigenvalue weighted by Crippen LogP contribution is -2.47. The van der Waals surface area contributed by atoms with Crippen LogP contribution in [0.2, 0.25) is 0 Å². The molecule has 4 heteroatoms. The van der Waals surface area contributed by atoms with Gasteiger partial charge in [-0.25, -0.2) is 0 Å². The lowest BCUT2D eigenvalue weighted by molar-refractivity contribution is -0.129. The molecule has 132 valence electrons. The Morgan fingerprint density at radius 1 is 1.08 bits per heavy atom. The van der Waals surface area contributed by atoms with E-state index in [2.05, 4.69) is 41.0 Å². The molecule has 4 nitrogen and oxygen atoms in total. The minimum atomic E-state index is 0.249. The second-order valence-corrected chi connectivity index (χ2v) is 7.31. The van der Waals surface area contributed by atoms with Gasteiger partial charge in [-0.05, 0) is 22.3 Å². The zero-order valence-corrected chi connectivity index (χ0v) is 14.9. The van der Waals surface area contributed by atoms with Crippen LogP contribution in [0.1, 0.15) is 12.5 Å². The molecular weight excluding hydrogens is 312 g/mol. The van der Waals surface area contributed by atoms with E-state index in [0.29, 0.717) is 18.4 Å². The van der Waals surface area contributed by atoms with Gasteiger partial charge < -0.3 is 9.64 Å². The second-order valence-electron chi connectivity index (χ2n) is 7.31. The van der Waals surface area contributed by atoms with Crippen molar-refractivity contribution in [3.63, 3.8) is 0 Å². The predicted octanol–water partition coefficient (Wildman–Crippen LogP) is 2.56. The van der Waals surface area contributed by atoms with E-state index < -0.39 is 0 Å². The molecule has 25 heavy (non-hydrogen) atoms. The molecule has 0 aliphatic carbocycles. The Kier molecular flexibility index (Phi) is 4.73. The number of hydrogen-bond donors (Lipinski definition) is 0. The molecule has 2 aliphatic heterocycles. The summed E-state index contributed by atoms with van der Waals surface area (Å²) in [6.07, 6.45) is 0.490. The van der Waals surface area contributed by atoms with Crippen molar-refractivity contribution in [1.82, 2.24) is 9.80 Å². The number of fused-ring (bicyclic) bond motifs is 1. The van der Waals surface area contributed by atoms with Crippen LogP contribution in [-0.4, -0.2) is 61.1 Å². The van der Waals surface area contributed by atoms with Gasteiger partial charge in [-0.2, -0.15) is 0 Å². The summed E-state index contributed by atoms with van der Waals surface area (Å²) in [7, 11) is 0. The van der Waals surface area contributed by atoms with E-state index in [1.807, 2.05) is 18.2 Å². The van der Waals surface area contributed by atoms with Crippen molar-refractivity contribution in [2.45, 2.75) is 19.4 Å². The minimum absolute atomic E-state index is 0.249. The molecule has 2 aromatic carbocycles. The van der Waals surface area contributed by atoms with Gasteiger partial charge in [0.05, 0.1) is 19.6 Å². The van der Waals surface area contributed by atoms with Gasteiger partial charge in [0.1, 0.15) is 0 Å². The van der Waals surface area contributed by atoms with Crippen LogP contribution in [0.25, 0.3) is 10.8 Å². The largest absolute Gasteiger partial charge is 0.379 e. The van der Waals surface area contributed by atoms with E-state index in [9.17, 15) is 4.79 Å². The summed E-state index contributed by atoms with van der Waals surface area (Å²) in [5.41, 5.74) is 1.13. The molecule has 0 saturated carbocycles. The fraction of sp³-hybridized carbons (Fsp3) is 0.476. The summed E-state index contributed by atoms with van der Waals surface area (Å²) in [6.45, 7) is 7.59. The number of amides is 1. The Morgan fingerprint density at radius 3 is 2.68 bits per heavy atom. The van der Waals surface area contributed by atoms with Crippen LogP contribution in [-0.2, 0) is 16.0 Å². The number of nitrogens with zero attached hydrogens (tertiary/aromatic N) is 2. The van der Waals surface area contributed by atoms with Crippen LogP contribution in [0.5, 0.6) is 0 Å². The monoisotopic (exact) mass is 338 g/mol. The first-order valence-corrected chi connectivity index (χ1v) is 9.28. The van der Waals surface area contributed by atoms with Gasteiger partial charge in [-0.3, -0.25) is 9.69 Å². The lowest BCUT2D eigenvalue weighted by Gasteiger charge is -2.34. The van der Waals surface area contributed by atoms with Gasteiger partial charge >= 0.3 is 0 Å². The topological polar surface area (TPSA) is 32.8 Å². The fourth-order valence-corrected chi connectivity index (χ4v) is 4.26. The molecule has 1 amide bonds. The third kappa shape index (κ3) is 3.42. The van der Waals surface area contributed by atoms with E-state index in [0.717, 1.165) is 45.0 Å². The van der Waals surface area contributed by atoms with E-state index in [1.54, 1.807) is 0 Å². The molecular formula is C21H26N2O2. The number of benzene rings is 2. The van der Waals surface area contributed by atoms with E-state index in [4.69, 9.17) is 4.74 Å². The van der Waals surface area contributed by atoms with Crippen molar-refractivity contribution in [2.24, 2.45) is 5.92 Å². The summed E-state index contributed by atoms with van der Waals surface area (Å²) in [5, 5.41) is 2.39. The summed E-state index contributed by atoms with van der Waals surface area (Å²) in [4.78, 5) is 17.5. The Labute approximate surface area is 149 Å². The van der Waals surface area contributed by atoms with Crippen LogP contribution in [0.4, 0.5) is 0 Å². The van der Waals surface area contributed by atoms with Crippen molar-refractivity contribution in [2.75, 3.05) is 39.4 Å². The average Bonchev–Trinajstić information content (AvgIpc) is 3.05. The number of carbonyl (C=O) groups is 1. The molecule has 2 fully saturated rings. The summed E-state index contributed by atoms with van der Waals surface area (Å²) in [6, 6.07) is 15.0. The molecule has 2 saturated heterocycles. The van der Waals surface area contributed by atoms with Gasteiger partial charge in [0.2, 0.25) is 5.91 Å². The number of rotatable bonds is 3. The van der Waals surface area contributed by atoms with Gasteiger partial charge in [0.25, 0.3) is 0 Å². The number of morpholine rings is 1. The molecule has 0 spiro atoms. The second kappa shape index (κ2) is 7.14. The number of hydrogen-bond acceptors (Lipinski definition) is 3. The van der Waals surface area contributed by atoms with Crippen LogP contribution >= 0.6 is 0 Å². The molecule has 0 radical (unpaired) electrons. The van der Waals surface area contributed by atoms with E-state index in [-0.39, 0.29) is 5.91 Å². The highest BCUT2D eigenvalue weighted by Crippen LogP contribution is 2.25. The maximum Gasteiger partial charge on any atom is 0.227 e. The van der Waals surface area contributed by atoms with Crippen LogP contribution in [0, 0.1) is 5.92 Å². The molecule has 2 aliphatic rings. The van der Waals surface area contributed by atoms with Crippen LogP contribution in [0.3, 0.4) is 0 Å². The number of ether oxygens (including phenoxy) is 1. The Morgan fingerprint density at radius 2 is 1.84 bits per heavy atom. The van der Waals surface area contributed by atoms with Crippen LogP contribution in [0.15, 0.2) is 42.5 Å². The standard InChI is InChI=1S/C21H26N2O2/c1-16-14-23(15-20(16)22-9-11-25-12-10-22)21(24)13-18-7-4-6-17-5-2-3-8-19(17)18/h2-8,16,20H,9-15H2,1H3/t16-,20-/m0/s1. The molecule has 4 rings (SSSR count). The van der Waals surface area contributed by atoms with Gasteiger partial charge in [-0.15, -0.1) is 0 Å². The SMILES string of the molecule is C[C@H]1CN(C(=O)Cc2cccc3ccccc23)C[C@@H]1N1CCOCC1. The number of carbonyl (C=O) groups excluding carboxylic acids is 1. The van der Waals surface area contributed by atoms with Crippen molar-refractivity contribution in [3.05, 3.63) is 48.0 Å². The minimum Gasteiger partial charge on any atom is -0.379 e. The molecule has 0 unspecified atom stereocenters. The van der Waals surface area contributed by atoms with Crippen molar-refractivity contribution in [1.29, 1.82) is 0 Å². The zero-order chi connectivity index (χ0) is 17.2. The van der Waals surface area contributed by atoms with Gasteiger partial charge in [0, 0.05) is 32.2 Å². The molecule has 0 bridgehead atoms. The summed E-state index contributed by atoms with van der Waals surface area (Å²) >= 11 is 0. The average molecular weight is 338 g/mol. The lowest BCUT2D eigenvalue weighted by atomic mass is 10.0. The van der Waals surface area contributed by atoms with Gasteiger partial charge in [-0.1, -0.05) is 49.4 Å². The highest BCUT2D eigenvalue weighted by atomic mass is 16.5. The third-order valence-electron chi connectivity index (χ3n) is 5.66. The fourth-order valence-electron chi connectivity index (χ4n) is 4.26. The first-order valence-electron chi connectivity index (χ1n) is 9.28. The van der Waals surface area contributed by atoms with Crippen molar-refractivity contribution < 1.29 is 9.53 Å². The predicted molar refractivity (Wildman–Crippen MR) is 99.6 cm³/mol. The molecule has 0 aromatic heterocycles. The van der Waals surface area contributed by atoms with E-state index in [1.165, 1.54) is 10.8 Å². The van der Waals surface area contributed by atoms with Crippen LogP contribution < -0.4 is 0 Å². The Hall–Kier alpha value is -1.91. The molecule has 2 atom stereocenters. The zero-order valence-electron chi connectivity index (χ0n) is 14.9. The first-order chi connectivity index (χ1) is 12.2. The van der Waals surface area contributed by atoms with Crippen molar-refractivity contribution in [3.8, 4) is 0 Å².